The first-order chi connectivity index (χ1) is 7.49. The van der Waals surface area contributed by atoms with E-state index in [-0.39, 0.29) is 0 Å². The minimum Gasteiger partial charge on any atom is -0.388 e. The van der Waals surface area contributed by atoms with Gasteiger partial charge in [-0.15, -0.1) is 0 Å². The van der Waals surface area contributed by atoms with Crippen LogP contribution in [0.25, 0.3) is 0 Å². The average molecular weight is 238 g/mol. The van der Waals surface area contributed by atoms with Crippen LogP contribution in [0.3, 0.4) is 0 Å². The Morgan fingerprint density at radius 1 is 1.50 bits per heavy atom. The predicted octanol–water partition coefficient (Wildman–Crippen LogP) is 1.88. The molecule has 0 aliphatic heterocycles. The second kappa shape index (κ2) is 5.75. The van der Waals surface area contributed by atoms with Crippen LogP contribution in [0.2, 0.25) is 0 Å². The molecule has 0 saturated heterocycles. The zero-order valence-corrected chi connectivity index (χ0v) is 10.8. The Kier molecular flexibility index (Phi) is 4.61. The highest BCUT2D eigenvalue weighted by atomic mass is 32.1. The molecule has 0 atom stereocenters. The number of anilines is 1. The SMILES string of the molecule is Cc1cc(C(N)=S)nc(NCCC(C)C)n1. The molecule has 0 unspecified atom stereocenters. The standard InChI is InChI=1S/C11H18N4S/c1-7(2)4-5-13-11-14-8(3)6-9(15-11)10(12)16/h6-7H,4-5H2,1-3H3,(H2,12,16)(H,13,14,15). The number of nitrogens with one attached hydrogen (secondary N) is 1. The monoisotopic (exact) mass is 238 g/mol. The summed E-state index contributed by atoms with van der Waals surface area (Å²) in [6, 6.07) is 1.79. The van der Waals surface area contributed by atoms with E-state index in [9.17, 15) is 0 Å². The first kappa shape index (κ1) is 12.8. The summed E-state index contributed by atoms with van der Waals surface area (Å²) in [5.41, 5.74) is 7.03. The van der Waals surface area contributed by atoms with Gasteiger partial charge in [0, 0.05) is 12.2 Å². The molecule has 1 aromatic heterocycles. The van der Waals surface area contributed by atoms with Gasteiger partial charge in [-0.1, -0.05) is 26.1 Å². The van der Waals surface area contributed by atoms with Crippen molar-refractivity contribution in [3.8, 4) is 0 Å². The highest BCUT2D eigenvalue weighted by molar-refractivity contribution is 7.80. The molecular weight excluding hydrogens is 220 g/mol. The molecule has 0 aromatic carbocycles. The van der Waals surface area contributed by atoms with Crippen molar-refractivity contribution in [1.82, 2.24) is 9.97 Å². The van der Waals surface area contributed by atoms with Gasteiger partial charge >= 0.3 is 0 Å². The van der Waals surface area contributed by atoms with Gasteiger partial charge in [0.25, 0.3) is 0 Å². The van der Waals surface area contributed by atoms with Crippen molar-refractivity contribution < 1.29 is 0 Å². The van der Waals surface area contributed by atoms with E-state index in [2.05, 4.69) is 29.1 Å². The minimum absolute atomic E-state index is 0.303. The van der Waals surface area contributed by atoms with Crippen molar-refractivity contribution in [2.75, 3.05) is 11.9 Å². The maximum absolute atomic E-state index is 5.54. The fourth-order valence-corrected chi connectivity index (χ4v) is 1.35. The van der Waals surface area contributed by atoms with Crippen molar-refractivity contribution >= 4 is 23.2 Å². The molecule has 0 fully saturated rings. The largest absolute Gasteiger partial charge is 0.388 e. The lowest BCUT2D eigenvalue weighted by Gasteiger charge is -2.08. The summed E-state index contributed by atoms with van der Waals surface area (Å²) >= 11 is 4.90. The Balaban J connectivity index is 2.69. The van der Waals surface area contributed by atoms with E-state index in [4.69, 9.17) is 18.0 Å². The molecule has 0 spiro atoms. The number of hydrogen-bond acceptors (Lipinski definition) is 4. The first-order valence-corrected chi connectivity index (χ1v) is 5.79. The number of thiocarbonyl (C=S) groups is 1. The third-order valence-corrected chi connectivity index (χ3v) is 2.32. The highest BCUT2D eigenvalue weighted by Crippen LogP contribution is 2.06. The zero-order chi connectivity index (χ0) is 12.1. The van der Waals surface area contributed by atoms with Gasteiger partial charge < -0.3 is 11.1 Å². The molecular formula is C11H18N4S. The lowest BCUT2D eigenvalue weighted by atomic mass is 10.1. The van der Waals surface area contributed by atoms with Gasteiger partial charge in [0.1, 0.15) is 10.7 Å². The molecule has 0 bridgehead atoms. The van der Waals surface area contributed by atoms with Gasteiger partial charge in [-0.25, -0.2) is 9.97 Å². The quantitative estimate of drug-likeness (QED) is 0.767. The number of hydrogen-bond donors (Lipinski definition) is 2. The van der Waals surface area contributed by atoms with E-state index >= 15 is 0 Å². The zero-order valence-electron chi connectivity index (χ0n) is 9.95. The van der Waals surface area contributed by atoms with Gasteiger partial charge in [0.2, 0.25) is 5.95 Å². The Morgan fingerprint density at radius 2 is 2.19 bits per heavy atom. The molecule has 0 saturated carbocycles. The number of nitrogens with two attached hydrogens (primary N) is 1. The second-order valence-corrected chi connectivity index (χ2v) is 4.63. The number of aromatic nitrogens is 2. The molecule has 0 amide bonds. The first-order valence-electron chi connectivity index (χ1n) is 5.38. The Hall–Kier alpha value is -1.23. The maximum Gasteiger partial charge on any atom is 0.223 e. The van der Waals surface area contributed by atoms with Crippen LogP contribution in [0.4, 0.5) is 5.95 Å². The number of nitrogens with zero attached hydrogens (tertiary/aromatic N) is 2. The van der Waals surface area contributed by atoms with Crippen molar-refractivity contribution in [2.24, 2.45) is 11.7 Å². The Bertz CT molecular complexity index is 376. The molecule has 0 radical (unpaired) electrons. The van der Waals surface area contributed by atoms with Crippen LogP contribution in [0.15, 0.2) is 6.07 Å². The van der Waals surface area contributed by atoms with Crippen molar-refractivity contribution in [1.29, 1.82) is 0 Å². The van der Waals surface area contributed by atoms with Crippen molar-refractivity contribution in [2.45, 2.75) is 27.2 Å². The molecule has 4 nitrogen and oxygen atoms in total. The van der Waals surface area contributed by atoms with Crippen LogP contribution < -0.4 is 11.1 Å². The fraction of sp³-hybridized carbons (Fsp3) is 0.545. The summed E-state index contributed by atoms with van der Waals surface area (Å²) in [6.07, 6.45) is 1.08. The Labute approximate surface area is 102 Å². The van der Waals surface area contributed by atoms with Crippen molar-refractivity contribution in [3.05, 3.63) is 17.5 Å². The summed E-state index contributed by atoms with van der Waals surface area (Å²) in [7, 11) is 0. The smallest absolute Gasteiger partial charge is 0.223 e. The predicted molar refractivity (Wildman–Crippen MR) is 70.6 cm³/mol. The number of rotatable bonds is 5. The molecule has 88 valence electrons. The van der Waals surface area contributed by atoms with Crippen LogP contribution in [-0.2, 0) is 0 Å². The van der Waals surface area contributed by atoms with E-state index in [1.165, 1.54) is 0 Å². The van der Waals surface area contributed by atoms with E-state index in [1.807, 2.05) is 6.92 Å². The topological polar surface area (TPSA) is 63.8 Å². The van der Waals surface area contributed by atoms with Gasteiger partial charge in [-0.05, 0) is 25.3 Å². The third kappa shape index (κ3) is 4.10. The summed E-state index contributed by atoms with van der Waals surface area (Å²) in [5.74, 6) is 1.26. The maximum atomic E-state index is 5.54. The van der Waals surface area contributed by atoms with Gasteiger partial charge in [-0.3, -0.25) is 0 Å². The molecule has 16 heavy (non-hydrogen) atoms. The molecule has 1 aromatic rings. The lowest BCUT2D eigenvalue weighted by molar-refractivity contribution is 0.606. The summed E-state index contributed by atoms with van der Waals surface area (Å²) in [4.78, 5) is 8.82. The van der Waals surface area contributed by atoms with E-state index in [0.29, 0.717) is 22.5 Å². The average Bonchev–Trinajstić information content (AvgIpc) is 2.16. The van der Waals surface area contributed by atoms with Gasteiger partial charge in [-0.2, -0.15) is 0 Å². The van der Waals surface area contributed by atoms with Crippen LogP contribution >= 0.6 is 12.2 Å². The highest BCUT2D eigenvalue weighted by Gasteiger charge is 2.04. The normalized spacial score (nSPS) is 10.5. The summed E-state index contributed by atoms with van der Waals surface area (Å²) < 4.78 is 0. The molecule has 5 heteroatoms. The van der Waals surface area contributed by atoms with Crippen LogP contribution in [0, 0.1) is 12.8 Å². The van der Waals surface area contributed by atoms with Crippen molar-refractivity contribution in [3.63, 3.8) is 0 Å². The van der Waals surface area contributed by atoms with Gasteiger partial charge in [0.15, 0.2) is 0 Å². The van der Waals surface area contributed by atoms with Crippen LogP contribution in [0.5, 0.6) is 0 Å². The van der Waals surface area contributed by atoms with E-state index in [0.717, 1.165) is 18.7 Å². The molecule has 1 rings (SSSR count). The fourth-order valence-electron chi connectivity index (χ4n) is 1.25. The van der Waals surface area contributed by atoms with Crippen LogP contribution in [-0.4, -0.2) is 21.5 Å². The summed E-state index contributed by atoms with van der Waals surface area (Å²) in [5, 5.41) is 3.17. The minimum atomic E-state index is 0.303. The molecule has 0 aliphatic carbocycles. The van der Waals surface area contributed by atoms with E-state index < -0.39 is 0 Å². The second-order valence-electron chi connectivity index (χ2n) is 4.19. The van der Waals surface area contributed by atoms with E-state index in [1.54, 1.807) is 6.07 Å². The third-order valence-electron chi connectivity index (χ3n) is 2.11. The molecule has 1 heterocycles. The number of aryl methyl sites for hydroxylation is 1. The molecule has 3 N–H and O–H groups in total. The molecule has 0 aliphatic rings. The Morgan fingerprint density at radius 3 is 2.75 bits per heavy atom. The summed E-state index contributed by atoms with van der Waals surface area (Å²) in [6.45, 7) is 7.12. The lowest BCUT2D eigenvalue weighted by Crippen LogP contribution is -2.15. The van der Waals surface area contributed by atoms with Crippen LogP contribution in [0.1, 0.15) is 31.7 Å². The van der Waals surface area contributed by atoms with Gasteiger partial charge in [0.05, 0.1) is 0 Å².